The zero-order chi connectivity index (χ0) is 24.0. The van der Waals surface area contributed by atoms with Gasteiger partial charge < -0.3 is 4.74 Å². The Hall–Kier alpha value is -3.27. The van der Waals surface area contributed by atoms with E-state index in [2.05, 4.69) is 26.8 Å². The van der Waals surface area contributed by atoms with E-state index < -0.39 is 0 Å². The van der Waals surface area contributed by atoms with Gasteiger partial charge in [0.2, 0.25) is 0 Å². The first-order chi connectivity index (χ1) is 15.9. The van der Waals surface area contributed by atoms with Crippen molar-refractivity contribution in [1.29, 1.82) is 0 Å². The number of carbonyl (C=O) groups excluding carboxylic acids is 1. The molecule has 0 saturated carbocycles. The summed E-state index contributed by atoms with van der Waals surface area (Å²) in [6.45, 7) is 10.6. The normalized spacial score (nSPS) is 11.5. The molecule has 0 aliphatic heterocycles. The van der Waals surface area contributed by atoms with E-state index in [9.17, 15) is 9.18 Å². The van der Waals surface area contributed by atoms with Gasteiger partial charge in [-0.25, -0.2) is 4.39 Å². The summed E-state index contributed by atoms with van der Waals surface area (Å²) >= 11 is 0. The van der Waals surface area contributed by atoms with Gasteiger partial charge in [0.1, 0.15) is 18.2 Å². The summed E-state index contributed by atoms with van der Waals surface area (Å²) in [6, 6.07) is 14.3. The molecular formula is C29H32FNO2. The second kappa shape index (κ2) is 11.0. The summed E-state index contributed by atoms with van der Waals surface area (Å²) in [4.78, 5) is 17.3. The number of pyridine rings is 1. The lowest BCUT2D eigenvalue weighted by Crippen LogP contribution is -2.10. The molecule has 0 fully saturated rings. The maximum atomic E-state index is 14.3. The van der Waals surface area contributed by atoms with Crippen molar-refractivity contribution in [1.82, 2.24) is 4.98 Å². The monoisotopic (exact) mass is 445 g/mol. The highest BCUT2D eigenvalue weighted by molar-refractivity contribution is 5.95. The van der Waals surface area contributed by atoms with E-state index in [0.29, 0.717) is 23.5 Å². The molecule has 2 aromatic carbocycles. The first-order valence-corrected chi connectivity index (χ1v) is 11.5. The third-order valence-corrected chi connectivity index (χ3v) is 5.51. The fourth-order valence-corrected chi connectivity index (χ4v) is 3.90. The quantitative estimate of drug-likeness (QED) is 0.314. The average Bonchev–Trinajstić information content (AvgIpc) is 2.81. The number of allylic oxidation sites excluding steroid dienone is 1. The number of hydrogen-bond acceptors (Lipinski definition) is 3. The molecule has 1 heterocycles. The molecule has 4 heteroatoms. The molecule has 33 heavy (non-hydrogen) atoms. The minimum Gasteiger partial charge on any atom is -0.488 e. The second-order valence-electron chi connectivity index (χ2n) is 8.74. The first-order valence-electron chi connectivity index (χ1n) is 11.5. The Balaban J connectivity index is 2.30. The third kappa shape index (κ3) is 5.57. The maximum Gasteiger partial charge on any atom is 0.152 e. The largest absolute Gasteiger partial charge is 0.488 e. The molecule has 0 unspecified atom stereocenters. The molecule has 172 valence electrons. The molecule has 0 N–H and O–H groups in total. The topological polar surface area (TPSA) is 39.2 Å². The van der Waals surface area contributed by atoms with Gasteiger partial charge in [0.15, 0.2) is 6.29 Å². The van der Waals surface area contributed by atoms with Crippen molar-refractivity contribution in [2.75, 3.05) is 0 Å². The number of ether oxygens (including phenoxy) is 1. The zero-order valence-corrected chi connectivity index (χ0v) is 20.1. The van der Waals surface area contributed by atoms with Gasteiger partial charge in [-0.15, -0.1) is 0 Å². The minimum absolute atomic E-state index is 0.0554. The molecule has 3 rings (SSSR count). The van der Waals surface area contributed by atoms with Crippen LogP contribution in [0.4, 0.5) is 4.39 Å². The van der Waals surface area contributed by atoms with Crippen molar-refractivity contribution in [3.8, 4) is 16.9 Å². The molecule has 0 saturated heterocycles. The van der Waals surface area contributed by atoms with Gasteiger partial charge in [0, 0.05) is 28.3 Å². The van der Waals surface area contributed by atoms with E-state index in [0.717, 1.165) is 40.8 Å². The van der Waals surface area contributed by atoms with Crippen molar-refractivity contribution in [3.05, 3.63) is 88.5 Å². The summed E-state index contributed by atoms with van der Waals surface area (Å²) in [6.07, 6.45) is 5.80. The van der Waals surface area contributed by atoms with Crippen LogP contribution >= 0.6 is 0 Å². The molecule has 0 spiro atoms. The van der Waals surface area contributed by atoms with Crippen molar-refractivity contribution in [2.24, 2.45) is 0 Å². The fourth-order valence-electron chi connectivity index (χ4n) is 3.90. The Bertz CT molecular complexity index is 1130. The first kappa shape index (κ1) is 24.4. The Morgan fingerprint density at radius 3 is 2.24 bits per heavy atom. The third-order valence-electron chi connectivity index (χ3n) is 5.51. The molecule has 0 aliphatic carbocycles. The fraction of sp³-hybridized carbons (Fsp3) is 0.310. The molecule has 0 amide bonds. The summed E-state index contributed by atoms with van der Waals surface area (Å²) in [5, 5.41) is 0. The molecular weight excluding hydrogens is 413 g/mol. The highest BCUT2D eigenvalue weighted by Crippen LogP contribution is 2.41. The van der Waals surface area contributed by atoms with Crippen LogP contribution in [0.25, 0.3) is 17.2 Å². The van der Waals surface area contributed by atoms with Crippen LogP contribution in [0, 0.1) is 5.82 Å². The Morgan fingerprint density at radius 1 is 0.970 bits per heavy atom. The van der Waals surface area contributed by atoms with E-state index in [1.807, 2.05) is 50.3 Å². The van der Waals surface area contributed by atoms with E-state index in [1.54, 1.807) is 6.07 Å². The number of halogens is 1. The van der Waals surface area contributed by atoms with Crippen LogP contribution in [0.2, 0.25) is 0 Å². The zero-order valence-electron chi connectivity index (χ0n) is 20.1. The van der Waals surface area contributed by atoms with Crippen molar-refractivity contribution >= 4 is 12.4 Å². The van der Waals surface area contributed by atoms with Crippen LogP contribution in [0.3, 0.4) is 0 Å². The number of benzene rings is 2. The highest BCUT2D eigenvalue weighted by Gasteiger charge is 2.24. The standard InChI is InChI=1S/C29H32FNO2/c1-6-7-13-24-27(25(17-32)29(20(4)5)31-28(24)19(2)3)23-15-14-22(30)16-26(23)33-18-21-11-9-8-10-12-21/h7-17,19-20H,6,18H2,1-5H3/b13-7+. The van der Waals surface area contributed by atoms with Gasteiger partial charge in [-0.2, -0.15) is 0 Å². The lowest BCUT2D eigenvalue weighted by Gasteiger charge is -2.22. The van der Waals surface area contributed by atoms with E-state index in [1.165, 1.54) is 12.1 Å². The molecule has 3 aromatic rings. The van der Waals surface area contributed by atoms with Crippen molar-refractivity contribution in [3.63, 3.8) is 0 Å². The molecule has 0 radical (unpaired) electrons. The van der Waals surface area contributed by atoms with Gasteiger partial charge in [-0.3, -0.25) is 9.78 Å². The summed E-state index contributed by atoms with van der Waals surface area (Å²) < 4.78 is 20.4. The van der Waals surface area contributed by atoms with Gasteiger partial charge in [0.05, 0.1) is 11.4 Å². The van der Waals surface area contributed by atoms with Gasteiger partial charge in [0.25, 0.3) is 0 Å². The van der Waals surface area contributed by atoms with E-state index in [4.69, 9.17) is 9.72 Å². The van der Waals surface area contributed by atoms with Crippen LogP contribution in [0.15, 0.2) is 54.6 Å². The Kier molecular flexibility index (Phi) is 8.16. The summed E-state index contributed by atoms with van der Waals surface area (Å²) in [5.74, 6) is 0.221. The van der Waals surface area contributed by atoms with Gasteiger partial charge >= 0.3 is 0 Å². The lowest BCUT2D eigenvalue weighted by atomic mass is 9.87. The highest BCUT2D eigenvalue weighted by atomic mass is 19.1. The van der Waals surface area contributed by atoms with E-state index in [-0.39, 0.29) is 17.7 Å². The van der Waals surface area contributed by atoms with E-state index >= 15 is 0 Å². The molecule has 0 bridgehead atoms. The summed E-state index contributed by atoms with van der Waals surface area (Å²) in [7, 11) is 0. The predicted octanol–water partition coefficient (Wildman–Crippen LogP) is 7.95. The molecule has 1 aromatic heterocycles. The Morgan fingerprint density at radius 2 is 1.64 bits per heavy atom. The predicted molar refractivity (Wildman–Crippen MR) is 133 cm³/mol. The second-order valence-corrected chi connectivity index (χ2v) is 8.74. The number of aromatic nitrogens is 1. The molecule has 0 aliphatic rings. The van der Waals surface area contributed by atoms with Crippen molar-refractivity contribution in [2.45, 2.75) is 59.5 Å². The van der Waals surface area contributed by atoms with Gasteiger partial charge in [-0.05, 0) is 36.0 Å². The molecule has 3 nitrogen and oxygen atoms in total. The van der Waals surface area contributed by atoms with Crippen molar-refractivity contribution < 1.29 is 13.9 Å². The van der Waals surface area contributed by atoms with Crippen LogP contribution in [-0.4, -0.2) is 11.3 Å². The SMILES string of the molecule is CC/C=C/c1c(C(C)C)nc(C(C)C)c(C=O)c1-c1ccc(F)cc1OCc1ccccc1. The number of aldehydes is 1. The Labute approximate surface area is 196 Å². The van der Waals surface area contributed by atoms with Crippen LogP contribution < -0.4 is 4.74 Å². The minimum atomic E-state index is -0.387. The number of rotatable bonds is 9. The number of hydrogen-bond donors (Lipinski definition) is 0. The molecule has 0 atom stereocenters. The van der Waals surface area contributed by atoms with Crippen LogP contribution in [0.5, 0.6) is 5.75 Å². The maximum absolute atomic E-state index is 14.3. The van der Waals surface area contributed by atoms with Crippen LogP contribution in [0.1, 0.15) is 85.7 Å². The average molecular weight is 446 g/mol. The number of carbonyl (C=O) groups is 1. The number of nitrogens with zero attached hydrogens (tertiary/aromatic N) is 1. The van der Waals surface area contributed by atoms with Gasteiger partial charge in [-0.1, -0.05) is 77.1 Å². The smallest absolute Gasteiger partial charge is 0.152 e. The lowest BCUT2D eigenvalue weighted by molar-refractivity contribution is 0.112. The van der Waals surface area contributed by atoms with Crippen LogP contribution in [-0.2, 0) is 6.61 Å². The summed E-state index contributed by atoms with van der Waals surface area (Å²) in [5.41, 5.74) is 5.50.